The zero-order valence-electron chi connectivity index (χ0n) is 12.6. The highest BCUT2D eigenvalue weighted by Crippen LogP contribution is 2.39. The van der Waals surface area contributed by atoms with Crippen LogP contribution in [0.5, 0.6) is 0 Å². The summed E-state index contributed by atoms with van der Waals surface area (Å²) in [6.07, 6.45) is 6.17. The molecule has 1 aromatic rings. The molecule has 2 aliphatic rings. The number of rotatable bonds is 3. The summed E-state index contributed by atoms with van der Waals surface area (Å²) >= 11 is 0. The fourth-order valence-corrected chi connectivity index (χ4v) is 3.72. The number of nitrogens with one attached hydrogen (secondary N) is 1. The number of nitrogens with two attached hydrogens (primary N) is 1. The summed E-state index contributed by atoms with van der Waals surface area (Å²) in [7, 11) is 0. The van der Waals surface area contributed by atoms with Crippen molar-refractivity contribution < 1.29 is 4.79 Å². The van der Waals surface area contributed by atoms with E-state index in [0.717, 1.165) is 18.8 Å². The highest BCUT2D eigenvalue weighted by atomic mass is 16.2. The van der Waals surface area contributed by atoms with Gasteiger partial charge in [0.2, 0.25) is 5.91 Å². The second-order valence-corrected chi connectivity index (χ2v) is 6.32. The number of hydrogen-bond donors (Lipinski definition) is 2. The fourth-order valence-electron chi connectivity index (χ4n) is 3.72. The molecule has 3 rings (SSSR count). The van der Waals surface area contributed by atoms with Crippen molar-refractivity contribution in [2.45, 2.75) is 37.5 Å². The topological polar surface area (TPSA) is 58.4 Å². The predicted molar refractivity (Wildman–Crippen MR) is 85.5 cm³/mol. The molecule has 1 saturated heterocycles. The lowest BCUT2D eigenvalue weighted by atomic mass is 9.69. The summed E-state index contributed by atoms with van der Waals surface area (Å²) < 4.78 is 0. The van der Waals surface area contributed by atoms with Gasteiger partial charge in [0.15, 0.2) is 0 Å². The zero-order chi connectivity index (χ0) is 14.7. The van der Waals surface area contributed by atoms with E-state index in [1.807, 2.05) is 11.0 Å². The van der Waals surface area contributed by atoms with Crippen LogP contribution in [0.2, 0.25) is 0 Å². The number of benzene rings is 1. The van der Waals surface area contributed by atoms with Crippen LogP contribution in [0.4, 0.5) is 5.69 Å². The van der Waals surface area contributed by atoms with Crippen LogP contribution in [0.15, 0.2) is 24.3 Å². The van der Waals surface area contributed by atoms with E-state index in [4.69, 9.17) is 5.73 Å². The highest BCUT2D eigenvalue weighted by Gasteiger charge is 2.33. The third-order valence-corrected chi connectivity index (χ3v) is 5.06. The molecule has 1 saturated carbocycles. The monoisotopic (exact) mass is 287 g/mol. The minimum absolute atomic E-state index is 0.116. The van der Waals surface area contributed by atoms with Crippen molar-refractivity contribution in [3.05, 3.63) is 29.8 Å². The number of hydrogen-bond acceptors (Lipinski definition) is 3. The molecule has 1 aromatic carbocycles. The van der Waals surface area contributed by atoms with E-state index in [-0.39, 0.29) is 11.3 Å². The highest BCUT2D eigenvalue weighted by molar-refractivity contribution is 5.95. The van der Waals surface area contributed by atoms with Gasteiger partial charge in [-0.15, -0.1) is 0 Å². The predicted octanol–water partition coefficient (Wildman–Crippen LogP) is 1.78. The van der Waals surface area contributed by atoms with Crippen molar-refractivity contribution in [2.24, 2.45) is 5.73 Å². The molecule has 0 spiro atoms. The maximum atomic E-state index is 12.1. The summed E-state index contributed by atoms with van der Waals surface area (Å²) in [5, 5.41) is 3.12. The van der Waals surface area contributed by atoms with Crippen LogP contribution in [0.25, 0.3) is 0 Å². The smallest absolute Gasteiger partial charge is 0.240 e. The molecule has 114 valence electrons. The van der Waals surface area contributed by atoms with Crippen molar-refractivity contribution in [2.75, 3.05) is 31.1 Å². The third kappa shape index (κ3) is 2.83. The van der Waals surface area contributed by atoms with Gasteiger partial charge in [-0.25, -0.2) is 0 Å². The van der Waals surface area contributed by atoms with Gasteiger partial charge < -0.3 is 16.0 Å². The number of nitrogens with zero attached hydrogens (tertiary/aromatic N) is 1. The van der Waals surface area contributed by atoms with Crippen molar-refractivity contribution in [1.82, 2.24) is 5.32 Å². The minimum atomic E-state index is 0.116. The standard InChI is InChI=1S/C17H25N3O/c18-13-17(7-2-1-3-8-17)14-5-4-6-15(11-14)20-10-9-19-12-16(20)21/h4-6,11,19H,1-3,7-10,12-13,18H2. The van der Waals surface area contributed by atoms with Gasteiger partial charge in [0.25, 0.3) is 0 Å². The lowest BCUT2D eigenvalue weighted by Gasteiger charge is -2.37. The normalized spacial score (nSPS) is 22.3. The maximum absolute atomic E-state index is 12.1. The number of amides is 1. The molecule has 1 aliphatic heterocycles. The first-order chi connectivity index (χ1) is 10.2. The Hall–Kier alpha value is -1.39. The van der Waals surface area contributed by atoms with Gasteiger partial charge >= 0.3 is 0 Å². The summed E-state index contributed by atoms with van der Waals surface area (Å²) in [6.45, 7) is 2.74. The Morgan fingerprint density at radius 3 is 2.76 bits per heavy atom. The molecule has 4 nitrogen and oxygen atoms in total. The van der Waals surface area contributed by atoms with Crippen LogP contribution in [0, 0.1) is 0 Å². The maximum Gasteiger partial charge on any atom is 0.240 e. The first-order valence-corrected chi connectivity index (χ1v) is 8.07. The molecule has 4 heteroatoms. The van der Waals surface area contributed by atoms with Crippen molar-refractivity contribution in [3.8, 4) is 0 Å². The third-order valence-electron chi connectivity index (χ3n) is 5.06. The average Bonchev–Trinajstić information content (AvgIpc) is 2.56. The molecule has 0 bridgehead atoms. The number of anilines is 1. The van der Waals surface area contributed by atoms with E-state index >= 15 is 0 Å². The summed E-state index contributed by atoms with van der Waals surface area (Å²) in [4.78, 5) is 14.0. The van der Waals surface area contributed by atoms with Gasteiger partial charge in [-0.2, -0.15) is 0 Å². The van der Waals surface area contributed by atoms with Crippen LogP contribution in [0.1, 0.15) is 37.7 Å². The van der Waals surface area contributed by atoms with Crippen LogP contribution in [-0.4, -0.2) is 32.1 Å². The second-order valence-electron chi connectivity index (χ2n) is 6.32. The van der Waals surface area contributed by atoms with E-state index in [1.165, 1.54) is 37.7 Å². The van der Waals surface area contributed by atoms with Crippen LogP contribution in [0.3, 0.4) is 0 Å². The molecular formula is C17H25N3O. The zero-order valence-corrected chi connectivity index (χ0v) is 12.6. The quantitative estimate of drug-likeness (QED) is 0.891. The SMILES string of the molecule is NCC1(c2cccc(N3CCNCC3=O)c2)CCCCC1. The molecule has 2 fully saturated rings. The van der Waals surface area contributed by atoms with Crippen LogP contribution >= 0.6 is 0 Å². The molecule has 21 heavy (non-hydrogen) atoms. The fraction of sp³-hybridized carbons (Fsp3) is 0.588. The Labute approximate surface area is 126 Å². The van der Waals surface area contributed by atoms with Crippen molar-refractivity contribution >= 4 is 11.6 Å². The van der Waals surface area contributed by atoms with Crippen LogP contribution in [-0.2, 0) is 10.2 Å². The van der Waals surface area contributed by atoms with E-state index in [1.54, 1.807) is 0 Å². The van der Waals surface area contributed by atoms with Gasteiger partial charge in [-0.3, -0.25) is 4.79 Å². The van der Waals surface area contributed by atoms with Gasteiger partial charge in [0.05, 0.1) is 6.54 Å². The molecule has 1 amide bonds. The molecule has 1 heterocycles. The largest absolute Gasteiger partial charge is 0.330 e. The first-order valence-electron chi connectivity index (χ1n) is 8.07. The van der Waals surface area contributed by atoms with E-state index in [2.05, 4.69) is 23.5 Å². The van der Waals surface area contributed by atoms with Gasteiger partial charge in [0.1, 0.15) is 0 Å². The molecular weight excluding hydrogens is 262 g/mol. The van der Waals surface area contributed by atoms with Gasteiger partial charge in [0, 0.05) is 30.7 Å². The average molecular weight is 287 g/mol. The second kappa shape index (κ2) is 6.16. The molecule has 0 aromatic heterocycles. The van der Waals surface area contributed by atoms with Gasteiger partial charge in [-0.05, 0) is 30.5 Å². The molecule has 1 aliphatic carbocycles. The van der Waals surface area contributed by atoms with Crippen molar-refractivity contribution in [1.29, 1.82) is 0 Å². The van der Waals surface area contributed by atoms with E-state index in [9.17, 15) is 4.79 Å². The minimum Gasteiger partial charge on any atom is -0.330 e. The number of piperazine rings is 1. The van der Waals surface area contributed by atoms with Crippen LogP contribution < -0.4 is 16.0 Å². The number of carbonyl (C=O) groups excluding carboxylic acids is 1. The lowest BCUT2D eigenvalue weighted by Crippen LogP contribution is -2.48. The molecule has 3 N–H and O–H groups in total. The lowest BCUT2D eigenvalue weighted by molar-refractivity contribution is -0.118. The molecule has 0 atom stereocenters. The van der Waals surface area contributed by atoms with Crippen molar-refractivity contribution in [3.63, 3.8) is 0 Å². The Kier molecular flexibility index (Phi) is 4.27. The Morgan fingerprint density at radius 2 is 2.05 bits per heavy atom. The Bertz CT molecular complexity index is 509. The first kappa shape index (κ1) is 14.5. The summed E-state index contributed by atoms with van der Waals surface area (Å²) in [5.41, 5.74) is 8.59. The summed E-state index contributed by atoms with van der Waals surface area (Å²) in [6, 6.07) is 8.50. The van der Waals surface area contributed by atoms with E-state index < -0.39 is 0 Å². The Morgan fingerprint density at radius 1 is 1.24 bits per heavy atom. The number of carbonyl (C=O) groups is 1. The molecule has 0 unspecified atom stereocenters. The Balaban J connectivity index is 1.90. The van der Waals surface area contributed by atoms with E-state index in [0.29, 0.717) is 13.1 Å². The molecule has 0 radical (unpaired) electrons. The summed E-state index contributed by atoms with van der Waals surface area (Å²) in [5.74, 6) is 0.156. The van der Waals surface area contributed by atoms with Gasteiger partial charge in [-0.1, -0.05) is 31.4 Å².